The minimum atomic E-state index is 0.0504. The Bertz CT molecular complexity index is 476. The van der Waals surface area contributed by atoms with Crippen LogP contribution in [0.3, 0.4) is 0 Å². The first-order valence-electron chi connectivity index (χ1n) is 8.12. The van der Waals surface area contributed by atoms with Gasteiger partial charge >= 0.3 is 0 Å². The molecule has 2 fully saturated rings. The largest absolute Gasteiger partial charge is 0.379 e. The van der Waals surface area contributed by atoms with Crippen LogP contribution in [0.15, 0.2) is 12.3 Å². The molecule has 5 nitrogen and oxygen atoms in total. The predicted octanol–water partition coefficient (Wildman–Crippen LogP) is 2.50. The summed E-state index contributed by atoms with van der Waals surface area (Å²) >= 11 is 0. The summed E-state index contributed by atoms with van der Waals surface area (Å²) in [5.74, 6) is 0.823. The van der Waals surface area contributed by atoms with Crippen LogP contribution in [0.1, 0.15) is 55.1 Å². The Labute approximate surface area is 126 Å². The van der Waals surface area contributed by atoms with Gasteiger partial charge in [0, 0.05) is 26.4 Å². The molecule has 0 unspecified atom stereocenters. The molecule has 1 aromatic heterocycles. The van der Waals surface area contributed by atoms with Gasteiger partial charge in [-0.15, -0.1) is 0 Å². The lowest BCUT2D eigenvalue weighted by Gasteiger charge is -2.20. The van der Waals surface area contributed by atoms with E-state index in [0.29, 0.717) is 24.9 Å². The molecule has 5 heteroatoms. The van der Waals surface area contributed by atoms with Gasteiger partial charge in [0.25, 0.3) is 5.91 Å². The molecule has 0 aromatic carbocycles. The van der Waals surface area contributed by atoms with Gasteiger partial charge in [0.05, 0.1) is 12.6 Å². The molecule has 1 aromatic rings. The minimum Gasteiger partial charge on any atom is -0.379 e. The summed E-state index contributed by atoms with van der Waals surface area (Å²) in [7, 11) is 1.84. The van der Waals surface area contributed by atoms with Crippen LogP contribution in [0.4, 0.5) is 0 Å². The molecule has 2 aliphatic carbocycles. The van der Waals surface area contributed by atoms with Crippen molar-refractivity contribution < 1.29 is 9.53 Å². The van der Waals surface area contributed by atoms with Crippen molar-refractivity contribution in [2.75, 3.05) is 26.8 Å². The zero-order valence-corrected chi connectivity index (χ0v) is 12.8. The quantitative estimate of drug-likeness (QED) is 0.725. The highest BCUT2D eigenvalue weighted by Crippen LogP contribution is 2.30. The fourth-order valence-electron chi connectivity index (χ4n) is 2.96. The topological polar surface area (TPSA) is 47.4 Å². The van der Waals surface area contributed by atoms with Crippen molar-refractivity contribution in [3.63, 3.8) is 0 Å². The van der Waals surface area contributed by atoms with Crippen molar-refractivity contribution >= 4 is 5.91 Å². The molecule has 21 heavy (non-hydrogen) atoms. The van der Waals surface area contributed by atoms with Crippen molar-refractivity contribution in [2.45, 2.75) is 44.6 Å². The molecule has 2 saturated carbocycles. The standard InChI is InChI=1S/C16H25N3O2/c1-18(10-11-21-12-13-6-7-13)16(20)15-8-9-17-19(15)14-4-2-3-5-14/h8-9,13-14H,2-7,10-12H2,1H3. The smallest absolute Gasteiger partial charge is 0.271 e. The van der Waals surface area contributed by atoms with E-state index >= 15 is 0 Å². The second kappa shape index (κ2) is 6.60. The molecule has 0 radical (unpaired) electrons. The number of hydrogen-bond donors (Lipinski definition) is 0. The molecule has 0 N–H and O–H groups in total. The maximum atomic E-state index is 12.5. The minimum absolute atomic E-state index is 0.0504. The maximum Gasteiger partial charge on any atom is 0.271 e. The highest BCUT2D eigenvalue weighted by molar-refractivity contribution is 5.92. The molecular formula is C16H25N3O2. The van der Waals surface area contributed by atoms with Crippen LogP contribution < -0.4 is 0 Å². The van der Waals surface area contributed by atoms with Crippen molar-refractivity contribution in [1.82, 2.24) is 14.7 Å². The van der Waals surface area contributed by atoms with E-state index in [1.165, 1.54) is 25.7 Å². The summed E-state index contributed by atoms with van der Waals surface area (Å²) < 4.78 is 7.54. The highest BCUT2D eigenvalue weighted by Gasteiger charge is 2.24. The first-order valence-corrected chi connectivity index (χ1v) is 8.12. The monoisotopic (exact) mass is 291 g/mol. The van der Waals surface area contributed by atoms with E-state index < -0.39 is 0 Å². The van der Waals surface area contributed by atoms with Gasteiger partial charge in [-0.25, -0.2) is 0 Å². The van der Waals surface area contributed by atoms with Crippen LogP contribution in [0.25, 0.3) is 0 Å². The van der Waals surface area contributed by atoms with Gasteiger partial charge in [0.15, 0.2) is 0 Å². The number of nitrogens with zero attached hydrogens (tertiary/aromatic N) is 3. The number of carbonyl (C=O) groups is 1. The molecule has 3 rings (SSSR count). The summed E-state index contributed by atoms with van der Waals surface area (Å²) in [5.41, 5.74) is 0.714. The number of amides is 1. The summed E-state index contributed by atoms with van der Waals surface area (Å²) in [6.45, 7) is 2.11. The van der Waals surface area contributed by atoms with Gasteiger partial charge in [-0.3, -0.25) is 9.48 Å². The number of rotatable bonds is 7. The molecule has 0 saturated heterocycles. The van der Waals surface area contributed by atoms with Crippen LogP contribution in [-0.2, 0) is 4.74 Å². The Morgan fingerprint density at radius 1 is 1.38 bits per heavy atom. The molecule has 116 valence electrons. The molecule has 1 heterocycles. The Kier molecular flexibility index (Phi) is 4.58. The number of carbonyl (C=O) groups excluding carboxylic acids is 1. The van der Waals surface area contributed by atoms with E-state index in [9.17, 15) is 4.79 Å². The van der Waals surface area contributed by atoms with E-state index in [-0.39, 0.29) is 5.91 Å². The third-order valence-electron chi connectivity index (χ3n) is 4.53. The van der Waals surface area contributed by atoms with Gasteiger partial charge < -0.3 is 9.64 Å². The third kappa shape index (κ3) is 3.64. The summed E-state index contributed by atoms with van der Waals surface area (Å²) in [6.07, 6.45) is 9.09. The molecule has 2 aliphatic rings. The van der Waals surface area contributed by atoms with E-state index in [1.54, 1.807) is 11.1 Å². The molecular weight excluding hydrogens is 266 g/mol. The summed E-state index contributed by atoms with van der Waals surface area (Å²) in [4.78, 5) is 14.3. The van der Waals surface area contributed by atoms with Crippen molar-refractivity contribution in [3.8, 4) is 0 Å². The first-order chi connectivity index (χ1) is 10.3. The summed E-state index contributed by atoms with van der Waals surface area (Å²) in [6, 6.07) is 2.24. The van der Waals surface area contributed by atoms with Crippen LogP contribution >= 0.6 is 0 Å². The third-order valence-corrected chi connectivity index (χ3v) is 4.53. The van der Waals surface area contributed by atoms with Crippen LogP contribution in [0.5, 0.6) is 0 Å². The van der Waals surface area contributed by atoms with Crippen molar-refractivity contribution in [2.24, 2.45) is 5.92 Å². The Morgan fingerprint density at radius 3 is 2.86 bits per heavy atom. The molecule has 0 atom stereocenters. The molecule has 1 amide bonds. The first kappa shape index (κ1) is 14.6. The Balaban J connectivity index is 1.52. The SMILES string of the molecule is CN(CCOCC1CC1)C(=O)c1ccnn1C1CCCC1. The van der Waals surface area contributed by atoms with Crippen LogP contribution in [0, 0.1) is 5.92 Å². The van der Waals surface area contributed by atoms with Gasteiger partial charge in [-0.2, -0.15) is 5.10 Å². The number of hydrogen-bond acceptors (Lipinski definition) is 3. The van der Waals surface area contributed by atoms with Gasteiger partial charge in [0.2, 0.25) is 0 Å². The maximum absolute atomic E-state index is 12.5. The number of likely N-dealkylation sites (N-methyl/N-ethyl adjacent to an activating group) is 1. The average Bonchev–Trinajstić information content (AvgIpc) is 2.97. The zero-order valence-electron chi connectivity index (χ0n) is 12.8. The molecule has 0 bridgehead atoms. The van der Waals surface area contributed by atoms with E-state index in [0.717, 1.165) is 25.4 Å². The molecule has 0 spiro atoms. The van der Waals surface area contributed by atoms with Crippen LogP contribution in [0.2, 0.25) is 0 Å². The lowest BCUT2D eigenvalue weighted by atomic mass is 10.2. The fourth-order valence-corrected chi connectivity index (χ4v) is 2.96. The van der Waals surface area contributed by atoms with Gasteiger partial charge in [0.1, 0.15) is 5.69 Å². The predicted molar refractivity (Wildman–Crippen MR) is 80.2 cm³/mol. The Hall–Kier alpha value is -1.36. The van der Waals surface area contributed by atoms with Crippen LogP contribution in [-0.4, -0.2) is 47.4 Å². The second-order valence-electron chi connectivity index (χ2n) is 6.34. The van der Waals surface area contributed by atoms with E-state index in [2.05, 4.69) is 5.10 Å². The Morgan fingerprint density at radius 2 is 2.14 bits per heavy atom. The van der Waals surface area contributed by atoms with E-state index in [4.69, 9.17) is 4.74 Å². The van der Waals surface area contributed by atoms with Gasteiger partial charge in [-0.1, -0.05) is 12.8 Å². The number of ether oxygens (including phenoxy) is 1. The second-order valence-corrected chi connectivity index (χ2v) is 6.34. The van der Waals surface area contributed by atoms with E-state index in [1.807, 2.05) is 17.8 Å². The molecule has 0 aliphatic heterocycles. The highest BCUT2D eigenvalue weighted by atomic mass is 16.5. The van der Waals surface area contributed by atoms with Crippen molar-refractivity contribution in [1.29, 1.82) is 0 Å². The van der Waals surface area contributed by atoms with Gasteiger partial charge in [-0.05, 0) is 37.7 Å². The summed E-state index contributed by atoms with van der Waals surface area (Å²) in [5, 5.41) is 4.37. The van der Waals surface area contributed by atoms with Crippen molar-refractivity contribution in [3.05, 3.63) is 18.0 Å². The number of aromatic nitrogens is 2. The normalized spacial score (nSPS) is 19.1. The lowest BCUT2D eigenvalue weighted by Crippen LogP contribution is -2.32. The average molecular weight is 291 g/mol. The fraction of sp³-hybridized carbons (Fsp3) is 0.750. The lowest BCUT2D eigenvalue weighted by molar-refractivity contribution is 0.0668. The zero-order chi connectivity index (χ0) is 14.7.